The third-order valence-corrected chi connectivity index (χ3v) is 8.28. The Morgan fingerprint density at radius 3 is 2.74 bits per heavy atom. The zero-order valence-electron chi connectivity index (χ0n) is 21.4. The molecule has 2 aliphatic heterocycles. The Labute approximate surface area is 228 Å². The minimum Gasteiger partial charge on any atom is -0.447 e. The lowest BCUT2D eigenvalue weighted by molar-refractivity contribution is -0.0663. The van der Waals surface area contributed by atoms with Gasteiger partial charge in [-0.3, -0.25) is 9.80 Å². The SMILES string of the molecule is O=C1OCCN1c1ccc2nc(Nc3cc(CN4CCCC(F)(F)C4)nc(N[C@H]4CC[C@H](O)CC4)n3)sc2c1. The predicted octanol–water partition coefficient (Wildman–Crippen LogP) is 4.73. The van der Waals surface area contributed by atoms with Gasteiger partial charge in [0.1, 0.15) is 12.4 Å². The number of nitrogens with one attached hydrogen (secondary N) is 2. The van der Waals surface area contributed by atoms with Crippen molar-refractivity contribution in [3.8, 4) is 0 Å². The molecular formula is C26H31F2N7O3S. The van der Waals surface area contributed by atoms with Crippen molar-refractivity contribution >= 4 is 50.2 Å². The first-order chi connectivity index (χ1) is 18.8. The van der Waals surface area contributed by atoms with Gasteiger partial charge in [0.2, 0.25) is 5.95 Å². The molecule has 0 bridgehead atoms. The minimum absolute atomic E-state index is 0.0846. The van der Waals surface area contributed by atoms with Crippen LogP contribution in [0.2, 0.25) is 0 Å². The maximum atomic E-state index is 14.0. The highest BCUT2D eigenvalue weighted by Crippen LogP contribution is 2.33. The van der Waals surface area contributed by atoms with Crippen molar-refractivity contribution in [3.05, 3.63) is 30.0 Å². The second-order valence-corrected chi connectivity index (χ2v) is 11.5. The van der Waals surface area contributed by atoms with Gasteiger partial charge in [0.05, 0.1) is 35.1 Å². The Hall–Kier alpha value is -3.16. The Morgan fingerprint density at radius 2 is 1.97 bits per heavy atom. The average Bonchev–Trinajstić information content (AvgIpc) is 3.49. The zero-order valence-corrected chi connectivity index (χ0v) is 22.2. The molecule has 0 spiro atoms. The van der Waals surface area contributed by atoms with E-state index in [1.54, 1.807) is 15.9 Å². The Balaban J connectivity index is 1.24. The third kappa shape index (κ3) is 6.20. The van der Waals surface area contributed by atoms with Gasteiger partial charge in [-0.15, -0.1) is 0 Å². The quantitative estimate of drug-likeness (QED) is 0.378. The Morgan fingerprint density at radius 1 is 1.13 bits per heavy atom. The van der Waals surface area contributed by atoms with E-state index < -0.39 is 5.92 Å². The van der Waals surface area contributed by atoms with E-state index in [2.05, 4.69) is 25.6 Å². The fourth-order valence-corrected chi connectivity index (χ4v) is 6.30. The summed E-state index contributed by atoms with van der Waals surface area (Å²) in [7, 11) is 0. The fraction of sp³-hybridized carbons (Fsp3) is 0.538. The highest BCUT2D eigenvalue weighted by atomic mass is 32.1. The minimum atomic E-state index is -2.69. The number of alkyl halides is 2. The summed E-state index contributed by atoms with van der Waals surface area (Å²) in [5.74, 6) is -1.75. The van der Waals surface area contributed by atoms with Crippen LogP contribution >= 0.6 is 11.3 Å². The molecule has 1 saturated carbocycles. The van der Waals surface area contributed by atoms with E-state index in [-0.39, 0.29) is 31.2 Å². The number of thiazole rings is 1. The van der Waals surface area contributed by atoms with Gasteiger partial charge >= 0.3 is 6.09 Å². The smallest absolute Gasteiger partial charge is 0.414 e. The number of anilines is 4. The second kappa shape index (κ2) is 10.8. The number of cyclic esters (lactones) is 1. The number of benzene rings is 1. The number of hydrogen-bond donors (Lipinski definition) is 3. The number of fused-ring (bicyclic) bond motifs is 1. The standard InChI is InChI=1S/C26H31F2N7O3S/c27-26(28)8-1-9-34(15-26)14-17-12-22(32-23(30-17)29-16-2-5-19(36)6-3-16)33-24-31-20-7-4-18(13-21(20)39-24)35-10-11-38-25(35)37/h4,7,12-13,16,19,36H,1-3,5-6,8-11,14-15H2,(H2,29,30,31,32,33)/t16-,19-. The maximum absolute atomic E-state index is 14.0. The lowest BCUT2D eigenvalue weighted by Crippen LogP contribution is -2.42. The van der Waals surface area contributed by atoms with Gasteiger partial charge in [0, 0.05) is 30.8 Å². The van der Waals surface area contributed by atoms with Gasteiger partial charge in [-0.25, -0.2) is 23.5 Å². The number of halogens is 2. The molecule has 208 valence electrons. The Kier molecular flexibility index (Phi) is 7.21. The van der Waals surface area contributed by atoms with Crippen molar-refractivity contribution in [2.24, 2.45) is 0 Å². The Bertz CT molecular complexity index is 1350. The first-order valence-electron chi connectivity index (χ1n) is 13.3. The third-order valence-electron chi connectivity index (χ3n) is 7.35. The van der Waals surface area contributed by atoms with Crippen LogP contribution in [-0.2, 0) is 11.3 Å². The molecule has 13 heteroatoms. The van der Waals surface area contributed by atoms with Crippen LogP contribution in [0.5, 0.6) is 0 Å². The lowest BCUT2D eigenvalue weighted by atomic mass is 9.93. The number of nitrogens with zero attached hydrogens (tertiary/aromatic N) is 5. The molecule has 2 saturated heterocycles. The monoisotopic (exact) mass is 559 g/mol. The number of ether oxygens (including phenoxy) is 1. The van der Waals surface area contributed by atoms with Crippen LogP contribution in [0, 0.1) is 0 Å². The summed E-state index contributed by atoms with van der Waals surface area (Å²) < 4.78 is 34.0. The molecule has 1 aliphatic carbocycles. The number of rotatable bonds is 7. The van der Waals surface area contributed by atoms with E-state index >= 15 is 0 Å². The molecule has 4 heterocycles. The van der Waals surface area contributed by atoms with Crippen molar-refractivity contribution in [1.82, 2.24) is 19.9 Å². The molecule has 0 atom stereocenters. The number of hydrogen-bond acceptors (Lipinski definition) is 10. The normalized spacial score (nSPS) is 23.7. The van der Waals surface area contributed by atoms with E-state index in [0.717, 1.165) is 28.7 Å². The molecule has 3 N–H and O–H groups in total. The molecule has 0 unspecified atom stereocenters. The summed E-state index contributed by atoms with van der Waals surface area (Å²) in [6, 6.07) is 7.54. The molecule has 6 rings (SSSR count). The summed E-state index contributed by atoms with van der Waals surface area (Å²) in [4.78, 5) is 29.3. The topological polar surface area (TPSA) is 116 Å². The molecule has 1 aromatic carbocycles. The van der Waals surface area contributed by atoms with Gasteiger partial charge in [0.15, 0.2) is 5.13 Å². The van der Waals surface area contributed by atoms with Crippen molar-refractivity contribution < 1.29 is 23.4 Å². The van der Waals surface area contributed by atoms with Crippen LogP contribution in [0.15, 0.2) is 24.3 Å². The molecule has 3 aliphatic rings. The van der Waals surface area contributed by atoms with Gasteiger partial charge in [-0.05, 0) is 56.8 Å². The van der Waals surface area contributed by atoms with Crippen molar-refractivity contribution in [3.63, 3.8) is 0 Å². The molecule has 2 aromatic heterocycles. The predicted molar refractivity (Wildman–Crippen MR) is 145 cm³/mol. The van der Waals surface area contributed by atoms with Crippen molar-refractivity contribution in [2.45, 2.75) is 63.1 Å². The molecule has 1 amide bonds. The molecule has 3 aromatic rings. The van der Waals surface area contributed by atoms with Crippen LogP contribution in [0.3, 0.4) is 0 Å². The van der Waals surface area contributed by atoms with Crippen LogP contribution in [0.4, 0.5) is 36.2 Å². The maximum Gasteiger partial charge on any atom is 0.414 e. The summed E-state index contributed by atoms with van der Waals surface area (Å²) in [5, 5.41) is 17.1. The number of likely N-dealkylation sites (tertiary alicyclic amines) is 1. The number of amides is 1. The highest BCUT2D eigenvalue weighted by molar-refractivity contribution is 7.22. The summed E-state index contributed by atoms with van der Waals surface area (Å²) in [5.41, 5.74) is 2.18. The highest BCUT2D eigenvalue weighted by Gasteiger charge is 2.35. The number of aromatic nitrogens is 3. The first kappa shape index (κ1) is 26.1. The van der Waals surface area contributed by atoms with Crippen molar-refractivity contribution in [2.75, 3.05) is 41.8 Å². The van der Waals surface area contributed by atoms with Gasteiger partial charge < -0.3 is 20.5 Å². The van der Waals surface area contributed by atoms with E-state index in [4.69, 9.17) is 4.74 Å². The van der Waals surface area contributed by atoms with Gasteiger partial charge in [-0.1, -0.05) is 11.3 Å². The zero-order chi connectivity index (χ0) is 27.0. The summed E-state index contributed by atoms with van der Waals surface area (Å²) in [6.45, 7) is 1.48. The van der Waals surface area contributed by atoms with Crippen molar-refractivity contribution in [1.29, 1.82) is 0 Å². The van der Waals surface area contributed by atoms with Gasteiger partial charge in [0.25, 0.3) is 5.92 Å². The first-order valence-corrected chi connectivity index (χ1v) is 14.2. The van der Waals surface area contributed by atoms with Gasteiger partial charge in [-0.2, -0.15) is 4.98 Å². The van der Waals surface area contributed by atoms with Crippen LogP contribution in [0.1, 0.15) is 44.2 Å². The average molecular weight is 560 g/mol. The second-order valence-electron chi connectivity index (χ2n) is 10.5. The van der Waals surface area contributed by atoms with E-state index in [9.17, 15) is 18.7 Å². The van der Waals surface area contributed by atoms with E-state index in [0.29, 0.717) is 68.1 Å². The number of piperidine rings is 1. The van der Waals surface area contributed by atoms with Crippen LogP contribution < -0.4 is 15.5 Å². The van der Waals surface area contributed by atoms with Crippen LogP contribution in [0.25, 0.3) is 10.2 Å². The fourth-order valence-electron chi connectivity index (χ4n) is 5.39. The summed E-state index contributed by atoms with van der Waals surface area (Å²) in [6.07, 6.45) is 2.78. The number of aliphatic hydroxyl groups is 1. The molecule has 0 radical (unpaired) electrons. The molecule has 10 nitrogen and oxygen atoms in total. The molecular weight excluding hydrogens is 528 g/mol. The molecule has 39 heavy (non-hydrogen) atoms. The number of aliphatic hydroxyl groups excluding tert-OH is 1. The molecule has 3 fully saturated rings. The lowest BCUT2D eigenvalue weighted by Gasteiger charge is -2.32. The summed E-state index contributed by atoms with van der Waals surface area (Å²) >= 11 is 1.43. The number of carbonyl (C=O) groups is 1. The van der Waals surface area contributed by atoms with E-state index in [1.807, 2.05) is 18.2 Å². The number of carbonyl (C=O) groups excluding carboxylic acids is 1. The van der Waals surface area contributed by atoms with E-state index in [1.165, 1.54) is 11.3 Å². The largest absolute Gasteiger partial charge is 0.447 e. The van der Waals surface area contributed by atoms with Crippen LogP contribution in [-0.4, -0.2) is 75.4 Å².